The lowest BCUT2D eigenvalue weighted by Gasteiger charge is -2.21. The van der Waals surface area contributed by atoms with Crippen molar-refractivity contribution in [1.82, 2.24) is 4.98 Å². The molecule has 0 bridgehead atoms. The lowest BCUT2D eigenvalue weighted by atomic mass is 9.94. The number of rotatable bonds is 4. The maximum atomic E-state index is 11.4. The maximum absolute atomic E-state index is 11.4. The van der Waals surface area contributed by atoms with Gasteiger partial charge in [0.2, 0.25) is 0 Å². The van der Waals surface area contributed by atoms with Gasteiger partial charge in [-0.15, -0.1) is 0 Å². The zero-order chi connectivity index (χ0) is 12.9. The van der Waals surface area contributed by atoms with E-state index in [9.17, 15) is 4.79 Å². The summed E-state index contributed by atoms with van der Waals surface area (Å²) in [6.07, 6.45) is 0. The molecule has 5 nitrogen and oxygen atoms in total. The molecule has 0 amide bonds. The first-order valence-electron chi connectivity index (χ1n) is 5.19. The Labute approximate surface area is 100 Å². The molecule has 17 heavy (non-hydrogen) atoms. The van der Waals surface area contributed by atoms with Crippen LogP contribution in [0.2, 0.25) is 0 Å². The van der Waals surface area contributed by atoms with Gasteiger partial charge in [-0.3, -0.25) is 4.79 Å². The van der Waals surface area contributed by atoms with Crippen LogP contribution in [0.3, 0.4) is 0 Å². The summed E-state index contributed by atoms with van der Waals surface area (Å²) in [5, 5.41) is 11.7. The van der Waals surface area contributed by atoms with Gasteiger partial charge in [0, 0.05) is 6.54 Å². The van der Waals surface area contributed by atoms with E-state index in [1.807, 2.05) is 6.07 Å². The molecule has 0 radical (unpaired) electrons. The van der Waals surface area contributed by atoms with Crippen molar-refractivity contribution in [3.8, 4) is 6.07 Å². The smallest absolute Gasteiger partial charge is 0.313 e. The van der Waals surface area contributed by atoms with Crippen LogP contribution in [0.5, 0.6) is 0 Å². The second-order valence-corrected chi connectivity index (χ2v) is 4.25. The highest BCUT2D eigenvalue weighted by Gasteiger charge is 2.28. The van der Waals surface area contributed by atoms with Gasteiger partial charge >= 0.3 is 5.97 Å². The maximum Gasteiger partial charge on any atom is 0.313 e. The predicted molar refractivity (Wildman–Crippen MR) is 63.2 cm³/mol. The van der Waals surface area contributed by atoms with Crippen LogP contribution in [0.25, 0.3) is 0 Å². The second-order valence-electron chi connectivity index (χ2n) is 4.25. The fraction of sp³-hybridized carbons (Fsp3) is 0.417. The molecule has 0 aliphatic carbocycles. The van der Waals surface area contributed by atoms with Gasteiger partial charge in [-0.25, -0.2) is 4.98 Å². The molecular weight excluding hydrogens is 218 g/mol. The molecule has 0 fully saturated rings. The van der Waals surface area contributed by atoms with Crippen molar-refractivity contribution >= 4 is 11.8 Å². The number of anilines is 1. The highest BCUT2D eigenvalue weighted by molar-refractivity contribution is 5.76. The number of nitrogens with one attached hydrogen (secondary N) is 1. The minimum absolute atomic E-state index is 0.290. The zero-order valence-electron chi connectivity index (χ0n) is 10.2. The third-order valence-corrected chi connectivity index (χ3v) is 2.31. The first-order chi connectivity index (χ1) is 7.99. The van der Waals surface area contributed by atoms with Gasteiger partial charge < -0.3 is 10.1 Å². The molecule has 1 aromatic rings. The Morgan fingerprint density at radius 3 is 2.88 bits per heavy atom. The number of hydrogen-bond donors (Lipinski definition) is 1. The monoisotopic (exact) mass is 233 g/mol. The summed E-state index contributed by atoms with van der Waals surface area (Å²) >= 11 is 0. The largest absolute Gasteiger partial charge is 0.469 e. The number of nitrogens with zero attached hydrogens (tertiary/aromatic N) is 2. The Balaban J connectivity index is 2.67. The summed E-state index contributed by atoms with van der Waals surface area (Å²) in [5.41, 5.74) is -0.301. The summed E-state index contributed by atoms with van der Waals surface area (Å²) in [7, 11) is 1.36. The van der Waals surface area contributed by atoms with E-state index in [4.69, 9.17) is 10.00 Å². The molecule has 1 N–H and O–H groups in total. The molecule has 0 unspecified atom stereocenters. The Kier molecular flexibility index (Phi) is 4.05. The number of pyridine rings is 1. The van der Waals surface area contributed by atoms with Crippen molar-refractivity contribution in [2.75, 3.05) is 19.0 Å². The molecule has 0 aliphatic rings. The third kappa shape index (κ3) is 3.45. The molecule has 0 aliphatic heterocycles. The Morgan fingerprint density at radius 2 is 2.29 bits per heavy atom. The van der Waals surface area contributed by atoms with Gasteiger partial charge in [-0.05, 0) is 26.0 Å². The van der Waals surface area contributed by atoms with E-state index in [2.05, 4.69) is 10.3 Å². The lowest BCUT2D eigenvalue weighted by molar-refractivity contribution is -0.149. The van der Waals surface area contributed by atoms with Crippen LogP contribution in [0.4, 0.5) is 5.82 Å². The van der Waals surface area contributed by atoms with E-state index < -0.39 is 5.41 Å². The van der Waals surface area contributed by atoms with Gasteiger partial charge in [-0.2, -0.15) is 5.26 Å². The predicted octanol–water partition coefficient (Wildman–Crippen LogP) is 1.56. The molecule has 1 heterocycles. The Morgan fingerprint density at radius 1 is 1.59 bits per heavy atom. The molecule has 1 aromatic heterocycles. The molecule has 0 saturated carbocycles. The molecule has 0 aromatic carbocycles. The number of hydrogen-bond acceptors (Lipinski definition) is 5. The van der Waals surface area contributed by atoms with Gasteiger partial charge in [0.1, 0.15) is 17.6 Å². The Bertz CT molecular complexity index is 449. The minimum Gasteiger partial charge on any atom is -0.469 e. The standard InChI is InChI=1S/C12H15N3O2/c1-12(2,11(16)17-3)8-14-10-6-4-5-9(7-13)15-10/h4-6H,8H2,1-3H3,(H,14,15). The molecule has 0 atom stereocenters. The van der Waals surface area contributed by atoms with Crippen LogP contribution < -0.4 is 5.32 Å². The van der Waals surface area contributed by atoms with E-state index in [0.717, 1.165) is 0 Å². The number of nitriles is 1. The fourth-order valence-electron chi connectivity index (χ4n) is 1.26. The molecule has 0 saturated heterocycles. The Hall–Kier alpha value is -2.09. The summed E-state index contributed by atoms with van der Waals surface area (Å²) in [4.78, 5) is 15.5. The summed E-state index contributed by atoms with van der Waals surface area (Å²) in [6.45, 7) is 3.95. The van der Waals surface area contributed by atoms with Gasteiger partial charge in [-0.1, -0.05) is 6.07 Å². The van der Waals surface area contributed by atoms with Crippen molar-refractivity contribution in [3.63, 3.8) is 0 Å². The molecule has 90 valence electrons. The van der Waals surface area contributed by atoms with Crippen LogP contribution in [0.1, 0.15) is 19.5 Å². The van der Waals surface area contributed by atoms with E-state index in [-0.39, 0.29) is 5.97 Å². The van der Waals surface area contributed by atoms with E-state index in [0.29, 0.717) is 18.1 Å². The summed E-state index contributed by atoms with van der Waals surface area (Å²) in [6, 6.07) is 7.06. The molecule has 1 rings (SSSR count). The van der Waals surface area contributed by atoms with E-state index in [1.165, 1.54) is 7.11 Å². The van der Waals surface area contributed by atoms with Crippen molar-refractivity contribution in [2.45, 2.75) is 13.8 Å². The van der Waals surface area contributed by atoms with Gasteiger partial charge in [0.25, 0.3) is 0 Å². The fourth-order valence-corrected chi connectivity index (χ4v) is 1.26. The highest BCUT2D eigenvalue weighted by atomic mass is 16.5. The SMILES string of the molecule is COC(=O)C(C)(C)CNc1cccc(C#N)n1. The van der Waals surface area contributed by atoms with E-state index >= 15 is 0 Å². The average Bonchev–Trinajstić information content (AvgIpc) is 2.35. The quantitative estimate of drug-likeness (QED) is 0.799. The van der Waals surface area contributed by atoms with Crippen LogP contribution in [0, 0.1) is 16.7 Å². The topological polar surface area (TPSA) is 75.0 Å². The summed E-state index contributed by atoms with van der Waals surface area (Å²) in [5.74, 6) is 0.280. The number of esters is 1. The lowest BCUT2D eigenvalue weighted by Crippen LogP contribution is -2.33. The first-order valence-corrected chi connectivity index (χ1v) is 5.19. The number of methoxy groups -OCH3 is 1. The third-order valence-electron chi connectivity index (χ3n) is 2.31. The van der Waals surface area contributed by atoms with Crippen LogP contribution in [-0.4, -0.2) is 24.6 Å². The van der Waals surface area contributed by atoms with Crippen molar-refractivity contribution in [1.29, 1.82) is 5.26 Å². The van der Waals surface area contributed by atoms with Crippen LogP contribution >= 0.6 is 0 Å². The first kappa shape index (κ1) is 13.0. The number of ether oxygens (including phenoxy) is 1. The van der Waals surface area contributed by atoms with Crippen LogP contribution in [0.15, 0.2) is 18.2 Å². The number of carbonyl (C=O) groups excluding carboxylic acids is 1. The normalized spacial score (nSPS) is 10.5. The van der Waals surface area contributed by atoms with Gasteiger partial charge in [0.15, 0.2) is 0 Å². The highest BCUT2D eigenvalue weighted by Crippen LogP contribution is 2.17. The number of aromatic nitrogens is 1. The van der Waals surface area contributed by atoms with E-state index in [1.54, 1.807) is 32.0 Å². The van der Waals surface area contributed by atoms with Gasteiger partial charge in [0.05, 0.1) is 12.5 Å². The zero-order valence-corrected chi connectivity index (χ0v) is 10.2. The van der Waals surface area contributed by atoms with Crippen molar-refractivity contribution < 1.29 is 9.53 Å². The average molecular weight is 233 g/mol. The van der Waals surface area contributed by atoms with Crippen molar-refractivity contribution in [2.24, 2.45) is 5.41 Å². The minimum atomic E-state index is -0.640. The molecule has 5 heteroatoms. The summed E-state index contributed by atoms with van der Waals surface area (Å²) < 4.78 is 4.70. The number of carbonyl (C=O) groups is 1. The molecular formula is C12H15N3O2. The molecule has 0 spiro atoms. The van der Waals surface area contributed by atoms with Crippen molar-refractivity contribution in [3.05, 3.63) is 23.9 Å². The second kappa shape index (κ2) is 5.30. The van der Waals surface area contributed by atoms with Crippen LogP contribution in [-0.2, 0) is 9.53 Å².